The summed E-state index contributed by atoms with van der Waals surface area (Å²) in [6.45, 7) is 3.72. The molecule has 1 aromatic rings. The Labute approximate surface area is 125 Å². The number of anilines is 2. The van der Waals surface area contributed by atoms with Gasteiger partial charge in [-0.25, -0.2) is 0 Å². The van der Waals surface area contributed by atoms with Gasteiger partial charge < -0.3 is 16.4 Å². The average molecular weight is 289 g/mol. The van der Waals surface area contributed by atoms with Crippen LogP contribution in [0.5, 0.6) is 0 Å². The van der Waals surface area contributed by atoms with Gasteiger partial charge in [-0.3, -0.25) is 9.59 Å². The lowest BCUT2D eigenvalue weighted by molar-refractivity contribution is -0.118. The van der Waals surface area contributed by atoms with Crippen LogP contribution in [-0.2, 0) is 9.59 Å². The summed E-state index contributed by atoms with van der Waals surface area (Å²) < 4.78 is 0. The van der Waals surface area contributed by atoms with Crippen LogP contribution in [0.2, 0.25) is 0 Å². The molecule has 4 N–H and O–H groups in total. The van der Waals surface area contributed by atoms with Crippen molar-refractivity contribution < 1.29 is 9.59 Å². The van der Waals surface area contributed by atoms with Gasteiger partial charge in [0.15, 0.2) is 0 Å². The first-order valence-corrected chi connectivity index (χ1v) is 7.41. The van der Waals surface area contributed by atoms with Gasteiger partial charge in [0.2, 0.25) is 11.8 Å². The number of benzene rings is 1. The number of aryl methyl sites for hydroxylation is 1. The summed E-state index contributed by atoms with van der Waals surface area (Å²) in [5, 5.41) is 5.68. The van der Waals surface area contributed by atoms with Crippen molar-refractivity contribution in [2.24, 2.45) is 5.73 Å². The Bertz CT molecular complexity index is 550. The molecule has 2 amide bonds. The highest BCUT2D eigenvalue weighted by atomic mass is 16.2. The quantitative estimate of drug-likeness (QED) is 0.779. The molecule has 1 saturated carbocycles. The van der Waals surface area contributed by atoms with Gasteiger partial charge in [0.1, 0.15) is 0 Å². The second-order valence-corrected chi connectivity index (χ2v) is 5.87. The van der Waals surface area contributed by atoms with Gasteiger partial charge in [0, 0.05) is 29.8 Å². The first-order valence-electron chi connectivity index (χ1n) is 7.41. The molecule has 5 nitrogen and oxygen atoms in total. The molecule has 0 aromatic heterocycles. The number of carbonyl (C=O) groups excluding carboxylic acids is 2. The lowest BCUT2D eigenvalue weighted by Gasteiger charge is -2.37. The van der Waals surface area contributed by atoms with Crippen LogP contribution in [0.15, 0.2) is 18.2 Å². The second kappa shape index (κ2) is 6.26. The Morgan fingerprint density at radius 1 is 1.24 bits per heavy atom. The smallest absolute Gasteiger partial charge is 0.226 e. The van der Waals surface area contributed by atoms with Crippen molar-refractivity contribution >= 4 is 23.2 Å². The molecular formula is C16H23N3O2. The van der Waals surface area contributed by atoms with Crippen LogP contribution in [0.4, 0.5) is 11.4 Å². The van der Waals surface area contributed by atoms with Crippen LogP contribution in [0.3, 0.4) is 0 Å². The van der Waals surface area contributed by atoms with Crippen LogP contribution in [0.1, 0.15) is 44.6 Å². The largest absolute Gasteiger partial charge is 0.326 e. The van der Waals surface area contributed by atoms with Crippen LogP contribution in [0.25, 0.3) is 0 Å². The predicted octanol–water partition coefficient (Wildman–Crippen LogP) is 2.55. The third-order valence-electron chi connectivity index (χ3n) is 3.98. The zero-order valence-electron chi connectivity index (χ0n) is 12.7. The molecule has 1 aromatic carbocycles. The van der Waals surface area contributed by atoms with E-state index in [1.165, 1.54) is 0 Å². The van der Waals surface area contributed by atoms with Gasteiger partial charge in [-0.05, 0) is 43.9 Å². The highest BCUT2D eigenvalue weighted by Gasteiger charge is 2.34. The molecule has 114 valence electrons. The summed E-state index contributed by atoms with van der Waals surface area (Å²) in [5.41, 5.74) is 8.13. The number of nitrogens with two attached hydrogens (primary N) is 1. The van der Waals surface area contributed by atoms with Gasteiger partial charge in [-0.15, -0.1) is 0 Å². The molecular weight excluding hydrogens is 266 g/mol. The van der Waals surface area contributed by atoms with Crippen LogP contribution in [0, 0.1) is 6.92 Å². The Morgan fingerprint density at radius 2 is 1.95 bits per heavy atom. The molecule has 1 fully saturated rings. The minimum Gasteiger partial charge on any atom is -0.326 e. The normalized spacial score (nSPS) is 16.0. The molecule has 21 heavy (non-hydrogen) atoms. The van der Waals surface area contributed by atoms with E-state index < -0.39 is 0 Å². The summed E-state index contributed by atoms with van der Waals surface area (Å²) >= 11 is 0. The van der Waals surface area contributed by atoms with E-state index in [2.05, 4.69) is 10.6 Å². The fraction of sp³-hybridized carbons (Fsp3) is 0.500. The lowest BCUT2D eigenvalue weighted by atomic mass is 9.75. The fourth-order valence-electron chi connectivity index (χ4n) is 2.41. The number of rotatable bonds is 5. The minimum absolute atomic E-state index is 0.0495. The van der Waals surface area contributed by atoms with Crippen molar-refractivity contribution in [2.45, 2.75) is 51.5 Å². The molecule has 2 rings (SSSR count). The number of nitrogens with one attached hydrogen (secondary N) is 2. The van der Waals surface area contributed by atoms with Crippen LogP contribution >= 0.6 is 0 Å². The summed E-state index contributed by atoms with van der Waals surface area (Å²) in [5.74, 6) is -0.120. The van der Waals surface area contributed by atoms with Gasteiger partial charge in [-0.2, -0.15) is 0 Å². The summed E-state index contributed by atoms with van der Waals surface area (Å²) in [7, 11) is 0. The molecule has 0 unspecified atom stereocenters. The van der Waals surface area contributed by atoms with Crippen LogP contribution in [-0.4, -0.2) is 17.4 Å². The fourth-order valence-corrected chi connectivity index (χ4v) is 2.41. The van der Waals surface area contributed by atoms with E-state index in [0.29, 0.717) is 18.5 Å². The molecule has 0 bridgehead atoms. The van der Waals surface area contributed by atoms with E-state index in [9.17, 15) is 9.59 Å². The molecule has 0 heterocycles. The Hall–Kier alpha value is -1.88. The van der Waals surface area contributed by atoms with Crippen molar-refractivity contribution in [2.75, 3.05) is 10.6 Å². The number of carbonyl (C=O) groups is 2. The van der Waals surface area contributed by atoms with E-state index in [1.807, 2.05) is 19.1 Å². The zero-order valence-corrected chi connectivity index (χ0v) is 12.7. The first-order chi connectivity index (χ1) is 9.92. The van der Waals surface area contributed by atoms with Crippen molar-refractivity contribution in [1.82, 2.24) is 0 Å². The standard InChI is InChI=1S/C16H23N3O2/c1-3-14(20)18-12-6-5-11(2)13(9-12)19-15(21)10-16(17)7-4-8-16/h5-6,9H,3-4,7-8,10,17H2,1-2H3,(H,18,20)(H,19,21). The van der Waals surface area contributed by atoms with E-state index in [0.717, 1.165) is 30.5 Å². The van der Waals surface area contributed by atoms with Crippen molar-refractivity contribution in [3.05, 3.63) is 23.8 Å². The third kappa shape index (κ3) is 4.04. The Balaban J connectivity index is 2.02. The molecule has 5 heteroatoms. The molecule has 0 radical (unpaired) electrons. The van der Waals surface area contributed by atoms with Gasteiger partial charge in [-0.1, -0.05) is 13.0 Å². The van der Waals surface area contributed by atoms with Gasteiger partial charge in [0.25, 0.3) is 0 Å². The first kappa shape index (κ1) is 15.5. The minimum atomic E-state index is -0.327. The van der Waals surface area contributed by atoms with Crippen molar-refractivity contribution in [3.8, 4) is 0 Å². The molecule has 0 spiro atoms. The highest BCUT2D eigenvalue weighted by molar-refractivity contribution is 5.95. The molecule has 0 aliphatic heterocycles. The van der Waals surface area contributed by atoms with Gasteiger partial charge >= 0.3 is 0 Å². The second-order valence-electron chi connectivity index (χ2n) is 5.87. The van der Waals surface area contributed by atoms with E-state index in [1.54, 1.807) is 13.0 Å². The maximum absolute atomic E-state index is 12.1. The van der Waals surface area contributed by atoms with E-state index >= 15 is 0 Å². The third-order valence-corrected chi connectivity index (χ3v) is 3.98. The van der Waals surface area contributed by atoms with Crippen molar-refractivity contribution in [3.63, 3.8) is 0 Å². The monoisotopic (exact) mass is 289 g/mol. The molecule has 1 aliphatic carbocycles. The molecule has 0 saturated heterocycles. The lowest BCUT2D eigenvalue weighted by Crippen LogP contribution is -2.48. The predicted molar refractivity (Wildman–Crippen MR) is 84.1 cm³/mol. The summed E-state index contributed by atoms with van der Waals surface area (Å²) in [6.07, 6.45) is 3.68. The SMILES string of the molecule is CCC(=O)Nc1ccc(C)c(NC(=O)CC2(N)CCC2)c1. The van der Waals surface area contributed by atoms with E-state index in [-0.39, 0.29) is 17.4 Å². The molecule has 0 atom stereocenters. The topological polar surface area (TPSA) is 84.2 Å². The summed E-state index contributed by atoms with van der Waals surface area (Å²) in [6, 6.07) is 5.49. The van der Waals surface area contributed by atoms with Crippen LogP contribution < -0.4 is 16.4 Å². The Morgan fingerprint density at radius 3 is 2.52 bits per heavy atom. The van der Waals surface area contributed by atoms with E-state index in [4.69, 9.17) is 5.73 Å². The summed E-state index contributed by atoms with van der Waals surface area (Å²) in [4.78, 5) is 23.5. The maximum Gasteiger partial charge on any atom is 0.226 e. The number of hydrogen-bond acceptors (Lipinski definition) is 3. The van der Waals surface area contributed by atoms with Crippen molar-refractivity contribution in [1.29, 1.82) is 0 Å². The number of hydrogen-bond donors (Lipinski definition) is 3. The van der Waals surface area contributed by atoms with Gasteiger partial charge in [0.05, 0.1) is 0 Å². The highest BCUT2D eigenvalue weighted by Crippen LogP contribution is 2.32. The number of amides is 2. The Kier molecular flexibility index (Phi) is 4.63. The maximum atomic E-state index is 12.1. The average Bonchev–Trinajstić information content (AvgIpc) is 2.40. The zero-order chi connectivity index (χ0) is 15.5. The molecule has 1 aliphatic rings.